The van der Waals surface area contributed by atoms with Crippen LogP contribution < -0.4 is 0 Å². The number of ketones is 1. The van der Waals surface area contributed by atoms with Gasteiger partial charge in [-0.1, -0.05) is 19.9 Å². The normalized spacial score (nSPS) is 40.7. The number of nitrogens with zero attached hydrogens (tertiary/aromatic N) is 1. The van der Waals surface area contributed by atoms with E-state index in [1.54, 1.807) is 12.2 Å². The number of carbonyl (C=O) groups excluding carboxylic acids is 2. The van der Waals surface area contributed by atoms with Crippen LogP contribution in [0.5, 0.6) is 0 Å². The summed E-state index contributed by atoms with van der Waals surface area (Å²) in [6, 6.07) is 3.62. The lowest BCUT2D eigenvalue weighted by Gasteiger charge is -2.59. The number of carbonyl (C=O) groups is 2. The van der Waals surface area contributed by atoms with Crippen molar-refractivity contribution in [2.24, 2.45) is 28.6 Å². The first kappa shape index (κ1) is 20.6. The predicted molar refractivity (Wildman–Crippen MR) is 115 cm³/mol. The monoisotopic (exact) mass is 425 g/mol. The molecular weight excluding hydrogens is 396 g/mol. The molecule has 3 fully saturated rings. The van der Waals surface area contributed by atoms with Crippen molar-refractivity contribution in [1.29, 1.82) is 0 Å². The maximum atomic E-state index is 13.7. The number of benzene rings is 1. The molecule has 5 rings (SSSR count). The van der Waals surface area contributed by atoms with Crippen LogP contribution in [0.4, 0.5) is 8.78 Å². The second-order valence-electron chi connectivity index (χ2n) is 10.5. The van der Waals surface area contributed by atoms with Crippen molar-refractivity contribution in [2.45, 2.75) is 52.0 Å². The molecule has 3 saturated carbocycles. The number of rotatable bonds is 1. The Morgan fingerprint density at radius 3 is 2.45 bits per heavy atom. The number of hydrogen-bond donors (Lipinski definition) is 0. The topological polar surface area (TPSA) is 37.4 Å². The van der Waals surface area contributed by atoms with Crippen molar-refractivity contribution >= 4 is 17.8 Å². The average molecular weight is 426 g/mol. The molecule has 31 heavy (non-hydrogen) atoms. The second kappa shape index (κ2) is 6.85. The Labute approximate surface area is 182 Å². The van der Waals surface area contributed by atoms with E-state index in [9.17, 15) is 18.4 Å². The molecule has 0 spiro atoms. The van der Waals surface area contributed by atoms with Crippen LogP contribution in [0.1, 0.15) is 51.5 Å². The highest BCUT2D eigenvalue weighted by Crippen LogP contribution is 2.63. The Bertz CT molecular complexity index is 1010. The zero-order valence-corrected chi connectivity index (χ0v) is 18.3. The van der Waals surface area contributed by atoms with Gasteiger partial charge in [-0.05, 0) is 85.3 Å². The van der Waals surface area contributed by atoms with Gasteiger partial charge in [0.25, 0.3) is 0 Å². The lowest BCUT2D eigenvalue weighted by molar-refractivity contribution is -0.141. The standard InChI is InChI=1S/C26H29F2NO2/c1-25-9-7-23(30)29(3)22(25)5-4-19-20(25)6-8-26(2)21(19)13-16(24(26)31)10-15-11-17(27)14-18(28)12-15/h7,9-12,14,19-22H,4-6,8,13H2,1-3H3/t19-,20-,21+,22?,25-,26+/m1/s1. The van der Waals surface area contributed by atoms with Crippen molar-refractivity contribution in [1.82, 2.24) is 4.90 Å². The van der Waals surface area contributed by atoms with Crippen LogP contribution in [0.25, 0.3) is 6.08 Å². The minimum atomic E-state index is -0.630. The molecule has 1 heterocycles. The Morgan fingerprint density at radius 2 is 1.74 bits per heavy atom. The van der Waals surface area contributed by atoms with E-state index in [2.05, 4.69) is 19.9 Å². The number of hydrogen-bond acceptors (Lipinski definition) is 2. The summed E-state index contributed by atoms with van der Waals surface area (Å²) in [7, 11) is 1.90. The van der Waals surface area contributed by atoms with Crippen LogP contribution in [0.15, 0.2) is 35.9 Å². The molecule has 3 nitrogen and oxygen atoms in total. The van der Waals surface area contributed by atoms with E-state index in [1.165, 1.54) is 12.1 Å². The summed E-state index contributed by atoms with van der Waals surface area (Å²) in [6.45, 7) is 4.36. The summed E-state index contributed by atoms with van der Waals surface area (Å²) in [6.07, 6.45) is 9.93. The second-order valence-corrected chi connectivity index (χ2v) is 10.5. The van der Waals surface area contributed by atoms with E-state index in [-0.39, 0.29) is 29.1 Å². The molecule has 4 aliphatic rings. The quantitative estimate of drug-likeness (QED) is 0.583. The highest BCUT2D eigenvalue weighted by atomic mass is 19.1. The lowest BCUT2D eigenvalue weighted by Crippen LogP contribution is -2.59. The third-order valence-electron chi connectivity index (χ3n) is 8.99. The molecule has 1 aromatic rings. The number of fused-ring (bicyclic) bond motifs is 5. The fourth-order valence-electron chi connectivity index (χ4n) is 7.40. The van der Waals surface area contributed by atoms with Crippen molar-refractivity contribution < 1.29 is 18.4 Å². The number of allylic oxidation sites excluding steroid dienone is 1. The summed E-state index contributed by atoms with van der Waals surface area (Å²) >= 11 is 0. The molecule has 164 valence electrons. The summed E-state index contributed by atoms with van der Waals surface area (Å²) in [4.78, 5) is 27.6. The zero-order chi connectivity index (χ0) is 22.1. The fraction of sp³-hybridized carbons (Fsp3) is 0.538. The first-order chi connectivity index (χ1) is 14.6. The van der Waals surface area contributed by atoms with Crippen molar-refractivity contribution in [2.75, 3.05) is 7.05 Å². The van der Waals surface area contributed by atoms with E-state index in [0.717, 1.165) is 31.7 Å². The number of amides is 1. The van der Waals surface area contributed by atoms with E-state index in [4.69, 9.17) is 0 Å². The molecule has 1 aromatic carbocycles. The molecule has 0 aromatic heterocycles. The van der Waals surface area contributed by atoms with E-state index >= 15 is 0 Å². The van der Waals surface area contributed by atoms with Crippen LogP contribution in [0.3, 0.4) is 0 Å². The molecule has 0 N–H and O–H groups in total. The van der Waals surface area contributed by atoms with Gasteiger partial charge >= 0.3 is 0 Å². The first-order valence-electron chi connectivity index (χ1n) is 11.3. The van der Waals surface area contributed by atoms with Gasteiger partial charge in [-0.15, -0.1) is 0 Å². The van der Waals surface area contributed by atoms with E-state index < -0.39 is 17.0 Å². The van der Waals surface area contributed by atoms with Crippen molar-refractivity contribution in [3.05, 3.63) is 53.1 Å². The van der Waals surface area contributed by atoms with Crippen LogP contribution in [0.2, 0.25) is 0 Å². The van der Waals surface area contributed by atoms with Gasteiger partial charge in [-0.2, -0.15) is 0 Å². The third-order valence-corrected chi connectivity index (χ3v) is 8.99. The maximum absolute atomic E-state index is 13.7. The minimum Gasteiger partial charge on any atom is -0.338 e. The lowest BCUT2D eigenvalue weighted by atomic mass is 9.48. The van der Waals surface area contributed by atoms with E-state index in [1.807, 2.05) is 11.9 Å². The van der Waals surface area contributed by atoms with Gasteiger partial charge in [0.15, 0.2) is 5.78 Å². The van der Waals surface area contributed by atoms with Gasteiger partial charge in [-0.25, -0.2) is 8.78 Å². The summed E-state index contributed by atoms with van der Waals surface area (Å²) in [5.41, 5.74) is 0.610. The van der Waals surface area contributed by atoms with Gasteiger partial charge < -0.3 is 4.90 Å². The number of likely N-dealkylation sites (N-methyl/N-ethyl adjacent to an activating group) is 1. The van der Waals surface area contributed by atoms with Crippen LogP contribution >= 0.6 is 0 Å². The van der Waals surface area contributed by atoms with Crippen molar-refractivity contribution in [3.8, 4) is 0 Å². The molecule has 1 unspecified atom stereocenters. The molecule has 3 aliphatic carbocycles. The Morgan fingerprint density at radius 1 is 1.03 bits per heavy atom. The summed E-state index contributed by atoms with van der Waals surface area (Å²) in [5, 5.41) is 0. The molecule has 0 saturated heterocycles. The molecule has 0 bridgehead atoms. The highest BCUT2D eigenvalue weighted by Gasteiger charge is 2.61. The molecule has 1 aliphatic heterocycles. The minimum absolute atomic E-state index is 0.0742. The largest absolute Gasteiger partial charge is 0.338 e. The van der Waals surface area contributed by atoms with Crippen LogP contribution in [0, 0.1) is 40.2 Å². The van der Waals surface area contributed by atoms with Gasteiger partial charge in [0, 0.05) is 30.0 Å². The van der Waals surface area contributed by atoms with Gasteiger partial charge in [-0.3, -0.25) is 9.59 Å². The smallest absolute Gasteiger partial charge is 0.246 e. The van der Waals surface area contributed by atoms with Crippen LogP contribution in [-0.4, -0.2) is 29.7 Å². The molecule has 6 atom stereocenters. The SMILES string of the molecule is CN1C(=O)C=C[C@@]2(C)C1CC[C@@H]1[C@H]2CC[C@]2(C)C(=O)C(=Cc3cc(F)cc(F)c3)C[C@@H]12. The molecule has 5 heteroatoms. The first-order valence-corrected chi connectivity index (χ1v) is 11.3. The van der Waals surface area contributed by atoms with Crippen LogP contribution in [-0.2, 0) is 9.59 Å². The maximum Gasteiger partial charge on any atom is 0.246 e. The van der Waals surface area contributed by atoms with Gasteiger partial charge in [0.2, 0.25) is 5.91 Å². The Balaban J connectivity index is 1.49. The summed E-state index contributed by atoms with van der Waals surface area (Å²) < 4.78 is 27.3. The number of Topliss-reactive ketones (excluding diaryl/α,β-unsaturated/α-hetero) is 1. The Hall–Kier alpha value is -2.30. The predicted octanol–water partition coefficient (Wildman–Crippen LogP) is 5.17. The van der Waals surface area contributed by atoms with Crippen molar-refractivity contribution in [3.63, 3.8) is 0 Å². The number of halogens is 2. The fourth-order valence-corrected chi connectivity index (χ4v) is 7.40. The highest BCUT2D eigenvalue weighted by molar-refractivity contribution is 6.06. The average Bonchev–Trinajstić information content (AvgIpc) is 2.95. The molecule has 0 radical (unpaired) electrons. The Kier molecular flexibility index (Phi) is 4.55. The summed E-state index contributed by atoms with van der Waals surface area (Å²) in [5.74, 6) is 0.0206. The zero-order valence-electron chi connectivity index (χ0n) is 18.3. The molecular formula is C26H29F2NO2. The third kappa shape index (κ3) is 2.95. The van der Waals surface area contributed by atoms with Gasteiger partial charge in [0.05, 0.1) is 0 Å². The van der Waals surface area contributed by atoms with Gasteiger partial charge in [0.1, 0.15) is 11.6 Å². The van der Waals surface area contributed by atoms with E-state index in [0.29, 0.717) is 29.4 Å². The molecule has 1 amide bonds.